The van der Waals surface area contributed by atoms with Crippen LogP contribution >= 0.6 is 0 Å². The van der Waals surface area contributed by atoms with E-state index >= 15 is 0 Å². The van der Waals surface area contributed by atoms with Crippen molar-refractivity contribution >= 4 is 10.2 Å². The lowest BCUT2D eigenvalue weighted by atomic mass is 10.1. The highest BCUT2D eigenvalue weighted by molar-refractivity contribution is 7.88. The zero-order valence-corrected chi connectivity index (χ0v) is 8.67. The predicted molar refractivity (Wildman–Crippen MR) is 49.4 cm³/mol. The number of hydrogen-bond acceptors (Lipinski definition) is 3. The fraction of sp³-hybridized carbons (Fsp3) is 0.571. The minimum absolute atomic E-state index is 0.483. The van der Waals surface area contributed by atoms with E-state index in [1.165, 1.54) is 18.7 Å². The Hall–Kier alpha value is -0.880. The summed E-state index contributed by atoms with van der Waals surface area (Å²) in [6.07, 6.45) is 4.05. The number of hydrogen-bond donors (Lipinski definition) is 1. The zero-order chi connectivity index (χ0) is 10.1. The molecule has 0 fully saturated rings. The second kappa shape index (κ2) is 3.12. The van der Waals surface area contributed by atoms with E-state index in [0.717, 1.165) is 3.97 Å². The van der Waals surface area contributed by atoms with Gasteiger partial charge in [0.05, 0.1) is 0 Å². The number of nitrogens with zero attached hydrogens (tertiary/aromatic N) is 2. The first-order valence-electron chi connectivity index (χ1n) is 3.84. The summed E-state index contributed by atoms with van der Waals surface area (Å²) in [6, 6.07) is 0. The summed E-state index contributed by atoms with van der Waals surface area (Å²) < 4.78 is 26.6. The number of imidazole rings is 1. The molecule has 0 aliphatic carbocycles. The molecule has 0 aliphatic heterocycles. The molecule has 0 atom stereocenters. The molecule has 0 amide bonds. The van der Waals surface area contributed by atoms with E-state index in [1.807, 2.05) is 0 Å². The monoisotopic (exact) mass is 203 g/mol. The molecule has 74 valence electrons. The molecule has 0 unspecified atom stereocenters. The third-order valence-corrected chi connectivity index (χ3v) is 2.83. The van der Waals surface area contributed by atoms with Crippen molar-refractivity contribution in [2.45, 2.75) is 26.3 Å². The first-order chi connectivity index (χ1) is 5.81. The van der Waals surface area contributed by atoms with Gasteiger partial charge in [-0.25, -0.2) is 8.96 Å². The van der Waals surface area contributed by atoms with Crippen molar-refractivity contribution in [2.24, 2.45) is 0 Å². The van der Waals surface area contributed by atoms with E-state index < -0.39 is 15.7 Å². The Labute approximate surface area is 78.0 Å². The van der Waals surface area contributed by atoms with Gasteiger partial charge in [0.2, 0.25) is 0 Å². The Morgan fingerprint density at radius 3 is 2.38 bits per heavy atom. The van der Waals surface area contributed by atoms with Gasteiger partial charge in [-0.05, 0) is 20.8 Å². The standard InChI is InChI=1S/C7H13N3O2S/c1-7(2,3)9-13(11,12)10-5-4-8-6-10/h4-6,9H,1-3H3. The maximum absolute atomic E-state index is 11.5. The molecule has 0 saturated carbocycles. The normalized spacial score (nSPS) is 13.2. The van der Waals surface area contributed by atoms with Crippen molar-refractivity contribution in [2.75, 3.05) is 0 Å². The van der Waals surface area contributed by atoms with Crippen LogP contribution in [0, 0.1) is 0 Å². The molecule has 1 heterocycles. The summed E-state index contributed by atoms with van der Waals surface area (Å²) in [5.74, 6) is 0. The van der Waals surface area contributed by atoms with E-state index in [9.17, 15) is 8.42 Å². The van der Waals surface area contributed by atoms with Gasteiger partial charge in [-0.3, -0.25) is 0 Å². The van der Waals surface area contributed by atoms with Crippen molar-refractivity contribution in [3.05, 3.63) is 18.7 Å². The fourth-order valence-electron chi connectivity index (χ4n) is 0.829. The van der Waals surface area contributed by atoms with Gasteiger partial charge in [0.15, 0.2) is 0 Å². The molecule has 13 heavy (non-hydrogen) atoms. The summed E-state index contributed by atoms with van der Waals surface area (Å²) in [5, 5.41) is 0. The fourth-order valence-corrected chi connectivity index (χ4v) is 2.10. The summed E-state index contributed by atoms with van der Waals surface area (Å²) in [5.41, 5.74) is -0.483. The van der Waals surface area contributed by atoms with Crippen LogP contribution in [0.15, 0.2) is 18.7 Å². The summed E-state index contributed by atoms with van der Waals surface area (Å²) in [4.78, 5) is 3.66. The van der Waals surface area contributed by atoms with Crippen LogP contribution in [0.25, 0.3) is 0 Å². The zero-order valence-electron chi connectivity index (χ0n) is 7.85. The molecule has 0 bridgehead atoms. The number of aromatic nitrogens is 2. The molecule has 1 N–H and O–H groups in total. The average Bonchev–Trinajstić information content (AvgIpc) is 2.29. The van der Waals surface area contributed by atoms with Gasteiger partial charge in [0.25, 0.3) is 0 Å². The van der Waals surface area contributed by atoms with E-state index in [1.54, 1.807) is 20.8 Å². The van der Waals surface area contributed by atoms with Gasteiger partial charge in [0, 0.05) is 17.9 Å². The topological polar surface area (TPSA) is 64.0 Å². The highest BCUT2D eigenvalue weighted by Crippen LogP contribution is 2.03. The third-order valence-electron chi connectivity index (χ3n) is 1.19. The molecule has 0 aromatic carbocycles. The maximum Gasteiger partial charge on any atom is 0.306 e. The van der Waals surface area contributed by atoms with Crippen molar-refractivity contribution in [3.63, 3.8) is 0 Å². The second-order valence-corrected chi connectivity index (χ2v) is 5.33. The van der Waals surface area contributed by atoms with Crippen LogP contribution in [0.5, 0.6) is 0 Å². The van der Waals surface area contributed by atoms with Gasteiger partial charge in [0.1, 0.15) is 6.33 Å². The number of nitrogens with one attached hydrogen (secondary N) is 1. The Bertz CT molecular complexity index is 361. The molecule has 1 aromatic rings. The second-order valence-electron chi connectivity index (χ2n) is 3.75. The van der Waals surface area contributed by atoms with Gasteiger partial charge >= 0.3 is 10.2 Å². The molecular formula is C7H13N3O2S. The smallest absolute Gasteiger partial charge is 0.244 e. The Balaban J connectivity index is 2.93. The van der Waals surface area contributed by atoms with Crippen LogP contribution in [0.2, 0.25) is 0 Å². The lowest BCUT2D eigenvalue weighted by Crippen LogP contribution is -2.43. The minimum atomic E-state index is -3.47. The maximum atomic E-state index is 11.5. The van der Waals surface area contributed by atoms with Gasteiger partial charge in [-0.2, -0.15) is 13.1 Å². The predicted octanol–water partition coefficient (Wildman–Crippen LogP) is 0.364. The van der Waals surface area contributed by atoms with E-state index in [4.69, 9.17) is 0 Å². The lowest BCUT2D eigenvalue weighted by Gasteiger charge is -2.20. The molecule has 0 radical (unpaired) electrons. The Morgan fingerprint density at radius 1 is 1.38 bits per heavy atom. The van der Waals surface area contributed by atoms with Gasteiger partial charge < -0.3 is 0 Å². The first kappa shape index (κ1) is 10.2. The Morgan fingerprint density at radius 2 is 2.00 bits per heavy atom. The lowest BCUT2D eigenvalue weighted by molar-refractivity contribution is 0.486. The molecule has 0 aliphatic rings. The van der Waals surface area contributed by atoms with Crippen molar-refractivity contribution < 1.29 is 8.42 Å². The molecule has 1 aromatic heterocycles. The molecule has 0 saturated heterocycles. The molecule has 1 rings (SSSR count). The van der Waals surface area contributed by atoms with Crippen LogP contribution in [-0.4, -0.2) is 22.9 Å². The largest absolute Gasteiger partial charge is 0.306 e. The van der Waals surface area contributed by atoms with Crippen LogP contribution in [0.1, 0.15) is 20.8 Å². The molecule has 0 spiro atoms. The van der Waals surface area contributed by atoms with Crippen molar-refractivity contribution in [1.82, 2.24) is 13.7 Å². The van der Waals surface area contributed by atoms with Gasteiger partial charge in [-0.15, -0.1) is 0 Å². The van der Waals surface area contributed by atoms with Crippen LogP contribution in [0.3, 0.4) is 0 Å². The van der Waals surface area contributed by atoms with Gasteiger partial charge in [-0.1, -0.05) is 0 Å². The average molecular weight is 203 g/mol. The van der Waals surface area contributed by atoms with Crippen LogP contribution < -0.4 is 4.72 Å². The van der Waals surface area contributed by atoms with Crippen LogP contribution in [-0.2, 0) is 10.2 Å². The minimum Gasteiger partial charge on any atom is -0.244 e. The molecule has 6 heteroatoms. The third kappa shape index (κ3) is 2.82. The first-order valence-corrected chi connectivity index (χ1v) is 5.28. The summed E-state index contributed by atoms with van der Waals surface area (Å²) in [7, 11) is -3.47. The summed E-state index contributed by atoms with van der Waals surface area (Å²) in [6.45, 7) is 5.34. The Kier molecular flexibility index (Phi) is 2.44. The van der Waals surface area contributed by atoms with Crippen molar-refractivity contribution in [1.29, 1.82) is 0 Å². The summed E-state index contributed by atoms with van der Waals surface area (Å²) >= 11 is 0. The van der Waals surface area contributed by atoms with E-state index in [-0.39, 0.29) is 0 Å². The highest BCUT2D eigenvalue weighted by atomic mass is 32.2. The van der Waals surface area contributed by atoms with Crippen LogP contribution in [0.4, 0.5) is 0 Å². The number of rotatable bonds is 2. The highest BCUT2D eigenvalue weighted by Gasteiger charge is 2.20. The molecule has 5 nitrogen and oxygen atoms in total. The SMILES string of the molecule is CC(C)(C)NS(=O)(=O)n1ccnc1. The van der Waals surface area contributed by atoms with Crippen molar-refractivity contribution in [3.8, 4) is 0 Å². The quantitative estimate of drug-likeness (QED) is 0.755. The van der Waals surface area contributed by atoms with E-state index in [0.29, 0.717) is 0 Å². The molecular weight excluding hydrogens is 190 g/mol. The van der Waals surface area contributed by atoms with E-state index in [2.05, 4.69) is 9.71 Å².